The quantitative estimate of drug-likeness (QED) is 0.636. The van der Waals surface area contributed by atoms with Crippen LogP contribution in [0, 0.1) is 0 Å². The van der Waals surface area contributed by atoms with Gasteiger partial charge in [-0.15, -0.1) is 0 Å². The maximum atomic E-state index is 6.33. The minimum atomic E-state index is 0.410. The second-order valence-electron chi connectivity index (χ2n) is 5.54. The second-order valence-corrected chi connectivity index (χ2v) is 5.94. The Morgan fingerprint density at radius 2 is 1.95 bits per heavy atom. The molecule has 1 N–H and O–H groups in total. The Bertz CT molecular complexity index is 368. The summed E-state index contributed by atoms with van der Waals surface area (Å²) < 4.78 is 5.70. The molecule has 1 aromatic rings. The van der Waals surface area contributed by atoms with Gasteiger partial charge in [-0.2, -0.15) is 0 Å². The Morgan fingerprint density at radius 1 is 1.20 bits per heavy atom. The zero-order chi connectivity index (χ0) is 14.8. The summed E-state index contributed by atoms with van der Waals surface area (Å²) in [6.45, 7) is 9.13. The lowest BCUT2D eigenvalue weighted by Crippen LogP contribution is -2.28. The highest BCUT2D eigenvalue weighted by molar-refractivity contribution is 6.31. The molecule has 0 aliphatic carbocycles. The monoisotopic (exact) mass is 297 g/mol. The van der Waals surface area contributed by atoms with Crippen LogP contribution in [0.3, 0.4) is 0 Å². The van der Waals surface area contributed by atoms with Crippen molar-refractivity contribution in [2.24, 2.45) is 0 Å². The summed E-state index contributed by atoms with van der Waals surface area (Å²) in [5, 5.41) is 4.37. The molecule has 0 aromatic heterocycles. The van der Waals surface area contributed by atoms with Crippen molar-refractivity contribution in [1.29, 1.82) is 0 Å². The molecule has 0 bridgehead atoms. The van der Waals surface area contributed by atoms with Crippen molar-refractivity contribution >= 4 is 11.6 Å². The summed E-state index contributed by atoms with van der Waals surface area (Å²) in [5.74, 6) is 0.410. The molecule has 1 atom stereocenters. The fraction of sp³-hybridized carbons (Fsp3) is 0.647. The summed E-state index contributed by atoms with van der Waals surface area (Å²) >= 11 is 6.33. The van der Waals surface area contributed by atoms with E-state index in [0.717, 1.165) is 37.6 Å². The molecule has 114 valence electrons. The van der Waals surface area contributed by atoms with Crippen LogP contribution in [0.5, 0.6) is 0 Å². The van der Waals surface area contributed by atoms with E-state index in [0.29, 0.717) is 12.0 Å². The van der Waals surface area contributed by atoms with Gasteiger partial charge in [0, 0.05) is 36.7 Å². The Balaban J connectivity index is 2.54. The molecular formula is C17H28ClNO. The first-order valence-corrected chi connectivity index (χ1v) is 8.08. The van der Waals surface area contributed by atoms with Gasteiger partial charge in [-0.3, -0.25) is 0 Å². The molecular weight excluding hydrogens is 270 g/mol. The van der Waals surface area contributed by atoms with Crippen LogP contribution in [0.15, 0.2) is 24.3 Å². The minimum Gasteiger partial charge on any atom is -0.381 e. The highest BCUT2D eigenvalue weighted by Crippen LogP contribution is 2.26. The van der Waals surface area contributed by atoms with Gasteiger partial charge in [0.1, 0.15) is 0 Å². The first-order valence-electron chi connectivity index (χ1n) is 7.70. The van der Waals surface area contributed by atoms with Crippen LogP contribution in [-0.4, -0.2) is 25.8 Å². The predicted octanol–water partition coefficient (Wildman–Crippen LogP) is 4.63. The summed E-state index contributed by atoms with van der Waals surface area (Å²) in [7, 11) is 0. The summed E-state index contributed by atoms with van der Waals surface area (Å²) in [5.41, 5.74) is 1.22. The van der Waals surface area contributed by atoms with E-state index >= 15 is 0 Å². The van der Waals surface area contributed by atoms with Crippen LogP contribution >= 0.6 is 11.6 Å². The molecule has 3 heteroatoms. The summed E-state index contributed by atoms with van der Waals surface area (Å²) in [6.07, 6.45) is 3.33. The van der Waals surface area contributed by atoms with Crippen LogP contribution < -0.4 is 5.32 Å². The number of unbranched alkanes of at least 4 members (excludes halogenated alkanes) is 1. The van der Waals surface area contributed by atoms with E-state index in [4.69, 9.17) is 16.3 Å². The first kappa shape index (κ1) is 17.5. The lowest BCUT2D eigenvalue weighted by atomic mass is 9.95. The highest BCUT2D eigenvalue weighted by Gasteiger charge is 2.14. The fourth-order valence-electron chi connectivity index (χ4n) is 2.13. The van der Waals surface area contributed by atoms with Gasteiger partial charge >= 0.3 is 0 Å². The molecule has 0 radical (unpaired) electrons. The largest absolute Gasteiger partial charge is 0.381 e. The molecule has 1 unspecified atom stereocenters. The first-order chi connectivity index (χ1) is 9.65. The SMILES string of the molecule is CCCCOCCC(CNC(C)C)c1ccccc1Cl. The van der Waals surface area contributed by atoms with Crippen molar-refractivity contribution in [3.8, 4) is 0 Å². The van der Waals surface area contributed by atoms with Gasteiger partial charge in [0.15, 0.2) is 0 Å². The maximum Gasteiger partial charge on any atom is 0.0472 e. The zero-order valence-electron chi connectivity index (χ0n) is 13.0. The van der Waals surface area contributed by atoms with Gasteiger partial charge in [0.25, 0.3) is 0 Å². The Kier molecular flexibility index (Phi) is 8.92. The lowest BCUT2D eigenvalue weighted by molar-refractivity contribution is 0.123. The number of benzene rings is 1. The number of rotatable bonds is 10. The molecule has 1 rings (SSSR count). The van der Waals surface area contributed by atoms with E-state index in [2.05, 4.69) is 38.2 Å². The van der Waals surface area contributed by atoms with Crippen molar-refractivity contribution in [3.63, 3.8) is 0 Å². The van der Waals surface area contributed by atoms with Crippen molar-refractivity contribution in [2.75, 3.05) is 19.8 Å². The van der Waals surface area contributed by atoms with Gasteiger partial charge in [0.05, 0.1) is 0 Å². The fourth-order valence-corrected chi connectivity index (χ4v) is 2.42. The van der Waals surface area contributed by atoms with Gasteiger partial charge in [0.2, 0.25) is 0 Å². The molecule has 20 heavy (non-hydrogen) atoms. The number of hydrogen-bond donors (Lipinski definition) is 1. The normalized spacial score (nSPS) is 12.8. The van der Waals surface area contributed by atoms with E-state index < -0.39 is 0 Å². The van der Waals surface area contributed by atoms with Crippen LogP contribution in [0.4, 0.5) is 0 Å². The average Bonchev–Trinajstić information content (AvgIpc) is 2.43. The van der Waals surface area contributed by atoms with Crippen molar-refractivity contribution < 1.29 is 4.74 Å². The Hall–Kier alpha value is -0.570. The van der Waals surface area contributed by atoms with E-state index in [-0.39, 0.29) is 0 Å². The van der Waals surface area contributed by atoms with Crippen LogP contribution in [0.2, 0.25) is 5.02 Å². The molecule has 0 aliphatic heterocycles. The Morgan fingerprint density at radius 3 is 2.60 bits per heavy atom. The van der Waals surface area contributed by atoms with Crippen molar-refractivity contribution in [3.05, 3.63) is 34.9 Å². The van der Waals surface area contributed by atoms with Crippen molar-refractivity contribution in [2.45, 2.75) is 52.0 Å². The van der Waals surface area contributed by atoms with E-state index in [1.54, 1.807) is 0 Å². The lowest BCUT2D eigenvalue weighted by Gasteiger charge is -2.21. The minimum absolute atomic E-state index is 0.410. The number of halogens is 1. The third-order valence-corrected chi connectivity index (χ3v) is 3.71. The van der Waals surface area contributed by atoms with Crippen LogP contribution in [0.25, 0.3) is 0 Å². The average molecular weight is 298 g/mol. The topological polar surface area (TPSA) is 21.3 Å². The van der Waals surface area contributed by atoms with E-state index in [1.165, 1.54) is 12.0 Å². The third-order valence-electron chi connectivity index (χ3n) is 3.37. The number of hydrogen-bond acceptors (Lipinski definition) is 2. The molecule has 0 aliphatic rings. The molecule has 1 aromatic carbocycles. The van der Waals surface area contributed by atoms with Crippen LogP contribution in [0.1, 0.15) is 51.5 Å². The van der Waals surface area contributed by atoms with Gasteiger partial charge in [-0.1, -0.05) is 57.0 Å². The molecule has 0 saturated heterocycles. The predicted molar refractivity (Wildman–Crippen MR) is 87.7 cm³/mol. The summed E-state index contributed by atoms with van der Waals surface area (Å²) in [4.78, 5) is 0. The maximum absolute atomic E-state index is 6.33. The second kappa shape index (κ2) is 10.2. The zero-order valence-corrected chi connectivity index (χ0v) is 13.7. The molecule has 0 amide bonds. The smallest absolute Gasteiger partial charge is 0.0472 e. The standard InChI is InChI=1S/C17H28ClNO/c1-4-5-11-20-12-10-15(13-19-14(2)3)16-8-6-7-9-17(16)18/h6-9,14-15,19H,4-5,10-13H2,1-3H3. The molecule has 0 heterocycles. The molecule has 0 fully saturated rings. The molecule has 0 spiro atoms. The Labute approximate surface area is 128 Å². The molecule has 2 nitrogen and oxygen atoms in total. The van der Waals surface area contributed by atoms with Gasteiger partial charge in [-0.25, -0.2) is 0 Å². The van der Waals surface area contributed by atoms with Crippen LogP contribution in [-0.2, 0) is 4.74 Å². The van der Waals surface area contributed by atoms with E-state index in [9.17, 15) is 0 Å². The van der Waals surface area contributed by atoms with Gasteiger partial charge < -0.3 is 10.1 Å². The van der Waals surface area contributed by atoms with Crippen molar-refractivity contribution in [1.82, 2.24) is 5.32 Å². The van der Waals surface area contributed by atoms with Gasteiger partial charge in [-0.05, 0) is 24.5 Å². The number of ether oxygens (including phenoxy) is 1. The summed E-state index contributed by atoms with van der Waals surface area (Å²) in [6, 6.07) is 8.62. The highest BCUT2D eigenvalue weighted by atomic mass is 35.5. The number of nitrogens with one attached hydrogen (secondary N) is 1. The molecule has 0 saturated carbocycles. The third kappa shape index (κ3) is 6.74. The van der Waals surface area contributed by atoms with E-state index in [1.807, 2.05) is 12.1 Å².